The number of hydrogen-bond acceptors (Lipinski definition) is 2. The molecule has 1 aromatic rings. The second kappa shape index (κ2) is 7.26. The van der Waals surface area contributed by atoms with E-state index in [-0.39, 0.29) is 0 Å². The first kappa shape index (κ1) is 15.6. The van der Waals surface area contributed by atoms with Gasteiger partial charge in [0.25, 0.3) is 0 Å². The molecule has 0 aromatic carbocycles. The first-order valence-corrected chi connectivity index (χ1v) is 8.60. The van der Waals surface area contributed by atoms with Crippen LogP contribution < -0.4 is 5.32 Å². The minimum atomic E-state index is 0.472. The fraction of sp³-hybridized carbons (Fsp3) is 0.824. The third-order valence-electron chi connectivity index (χ3n) is 4.67. The first-order valence-electron chi connectivity index (χ1n) is 8.60. The predicted molar refractivity (Wildman–Crippen MR) is 85.2 cm³/mol. The van der Waals surface area contributed by atoms with Crippen molar-refractivity contribution in [2.45, 2.75) is 84.7 Å². The quantitative estimate of drug-likeness (QED) is 0.810. The average molecular weight is 277 g/mol. The van der Waals surface area contributed by atoms with Gasteiger partial charge in [0.05, 0.1) is 11.7 Å². The molecular formula is C17H31N3. The van der Waals surface area contributed by atoms with Crippen LogP contribution in [0.15, 0.2) is 0 Å². The van der Waals surface area contributed by atoms with E-state index in [1.165, 1.54) is 42.6 Å². The molecule has 2 rings (SSSR count). The van der Waals surface area contributed by atoms with E-state index in [2.05, 4.69) is 37.7 Å². The molecule has 3 nitrogen and oxygen atoms in total. The van der Waals surface area contributed by atoms with Crippen molar-refractivity contribution in [2.75, 3.05) is 6.54 Å². The van der Waals surface area contributed by atoms with Crippen molar-refractivity contribution < 1.29 is 0 Å². The standard InChI is InChI=1S/C17H31N3/c1-5-14(18-8-4)17-15(6-2)19-20(16(17)7-3)13-11-9-10-12-13/h13-14,18H,5-12H2,1-4H3. The minimum absolute atomic E-state index is 0.472. The molecule has 0 bridgehead atoms. The largest absolute Gasteiger partial charge is 0.310 e. The molecule has 1 aliphatic carbocycles. The summed E-state index contributed by atoms with van der Waals surface area (Å²) in [5, 5.41) is 8.66. The molecule has 1 unspecified atom stereocenters. The van der Waals surface area contributed by atoms with Crippen molar-refractivity contribution in [2.24, 2.45) is 0 Å². The SMILES string of the molecule is CCNC(CC)c1c(CC)nn(C2CCCC2)c1CC. The minimum Gasteiger partial charge on any atom is -0.310 e. The third-order valence-corrected chi connectivity index (χ3v) is 4.67. The smallest absolute Gasteiger partial charge is 0.0672 e. The monoisotopic (exact) mass is 277 g/mol. The maximum absolute atomic E-state index is 5.01. The second-order valence-corrected chi connectivity index (χ2v) is 5.92. The van der Waals surface area contributed by atoms with Crippen LogP contribution in [0.3, 0.4) is 0 Å². The molecule has 20 heavy (non-hydrogen) atoms. The van der Waals surface area contributed by atoms with E-state index in [0.717, 1.165) is 25.8 Å². The third kappa shape index (κ3) is 2.93. The van der Waals surface area contributed by atoms with Gasteiger partial charge in [-0.05, 0) is 38.6 Å². The summed E-state index contributed by atoms with van der Waals surface area (Å²) in [6.45, 7) is 10.0. The van der Waals surface area contributed by atoms with Crippen molar-refractivity contribution in [3.63, 3.8) is 0 Å². The molecule has 0 aliphatic heterocycles. The fourth-order valence-corrected chi connectivity index (χ4v) is 3.70. The highest BCUT2D eigenvalue weighted by Gasteiger charge is 2.26. The Kier molecular flexibility index (Phi) is 5.64. The first-order chi connectivity index (χ1) is 9.76. The lowest BCUT2D eigenvalue weighted by atomic mass is 9.99. The molecule has 0 amide bonds. The van der Waals surface area contributed by atoms with Crippen LogP contribution in [0.2, 0.25) is 0 Å². The molecule has 0 spiro atoms. The summed E-state index contributed by atoms with van der Waals surface area (Å²) in [4.78, 5) is 0. The zero-order chi connectivity index (χ0) is 14.5. The van der Waals surface area contributed by atoms with Crippen LogP contribution in [0.4, 0.5) is 0 Å². The van der Waals surface area contributed by atoms with Crippen LogP contribution in [-0.2, 0) is 12.8 Å². The van der Waals surface area contributed by atoms with Gasteiger partial charge in [-0.3, -0.25) is 4.68 Å². The molecule has 1 fully saturated rings. The predicted octanol–water partition coefficient (Wildman–Crippen LogP) is 4.18. The number of nitrogens with one attached hydrogen (secondary N) is 1. The summed E-state index contributed by atoms with van der Waals surface area (Å²) >= 11 is 0. The van der Waals surface area contributed by atoms with E-state index in [0.29, 0.717) is 12.1 Å². The lowest BCUT2D eigenvalue weighted by molar-refractivity contribution is 0.445. The summed E-state index contributed by atoms with van der Waals surface area (Å²) < 4.78 is 2.39. The Bertz CT molecular complexity index is 416. The number of hydrogen-bond donors (Lipinski definition) is 1. The van der Waals surface area contributed by atoms with Gasteiger partial charge in [0.1, 0.15) is 0 Å². The van der Waals surface area contributed by atoms with E-state index in [4.69, 9.17) is 5.10 Å². The Morgan fingerprint density at radius 3 is 2.35 bits per heavy atom. The molecule has 1 heterocycles. The molecule has 0 saturated heterocycles. The van der Waals surface area contributed by atoms with Crippen molar-refractivity contribution in [3.05, 3.63) is 17.0 Å². The molecule has 0 radical (unpaired) electrons. The van der Waals surface area contributed by atoms with Crippen molar-refractivity contribution in [3.8, 4) is 0 Å². The van der Waals surface area contributed by atoms with Crippen LogP contribution in [0.1, 0.15) is 88.8 Å². The summed E-state index contributed by atoms with van der Waals surface area (Å²) in [6, 6.07) is 1.13. The molecule has 1 saturated carbocycles. The summed E-state index contributed by atoms with van der Waals surface area (Å²) in [7, 11) is 0. The van der Waals surface area contributed by atoms with Crippen LogP contribution in [0, 0.1) is 0 Å². The molecular weight excluding hydrogens is 246 g/mol. The highest BCUT2D eigenvalue weighted by Crippen LogP contribution is 2.34. The maximum Gasteiger partial charge on any atom is 0.0672 e. The van der Waals surface area contributed by atoms with Crippen LogP contribution in [0.25, 0.3) is 0 Å². The number of rotatable bonds is 7. The van der Waals surface area contributed by atoms with Crippen LogP contribution in [0.5, 0.6) is 0 Å². The van der Waals surface area contributed by atoms with E-state index in [1.807, 2.05) is 0 Å². The summed E-state index contributed by atoms with van der Waals surface area (Å²) in [5.41, 5.74) is 4.31. The maximum atomic E-state index is 5.01. The second-order valence-electron chi connectivity index (χ2n) is 5.92. The topological polar surface area (TPSA) is 29.9 Å². The summed E-state index contributed by atoms with van der Waals surface area (Å²) in [5.74, 6) is 0. The van der Waals surface area contributed by atoms with Crippen molar-refractivity contribution in [1.82, 2.24) is 15.1 Å². The Balaban J connectivity index is 2.41. The molecule has 1 aliphatic rings. The van der Waals surface area contributed by atoms with Crippen molar-refractivity contribution in [1.29, 1.82) is 0 Å². The lowest BCUT2D eigenvalue weighted by Gasteiger charge is -2.19. The zero-order valence-corrected chi connectivity index (χ0v) is 13.7. The number of aryl methyl sites for hydroxylation is 1. The van der Waals surface area contributed by atoms with Gasteiger partial charge in [-0.1, -0.05) is 40.5 Å². The summed E-state index contributed by atoms with van der Waals surface area (Å²) in [6.07, 6.45) is 8.66. The van der Waals surface area contributed by atoms with E-state index < -0.39 is 0 Å². The van der Waals surface area contributed by atoms with Crippen LogP contribution in [-0.4, -0.2) is 16.3 Å². The lowest BCUT2D eigenvalue weighted by Crippen LogP contribution is -2.22. The van der Waals surface area contributed by atoms with Gasteiger partial charge in [0, 0.05) is 17.3 Å². The highest BCUT2D eigenvalue weighted by molar-refractivity contribution is 5.31. The van der Waals surface area contributed by atoms with E-state index >= 15 is 0 Å². The molecule has 1 aromatic heterocycles. The highest BCUT2D eigenvalue weighted by atomic mass is 15.3. The fourth-order valence-electron chi connectivity index (χ4n) is 3.70. The van der Waals surface area contributed by atoms with Gasteiger partial charge in [0.15, 0.2) is 0 Å². The average Bonchev–Trinajstić information content (AvgIpc) is 3.10. The number of aromatic nitrogens is 2. The zero-order valence-electron chi connectivity index (χ0n) is 13.7. The van der Waals surface area contributed by atoms with Gasteiger partial charge in [-0.25, -0.2) is 0 Å². The van der Waals surface area contributed by atoms with Crippen LogP contribution >= 0.6 is 0 Å². The van der Waals surface area contributed by atoms with Gasteiger partial charge < -0.3 is 5.32 Å². The normalized spacial score (nSPS) is 17.8. The Morgan fingerprint density at radius 1 is 1.15 bits per heavy atom. The van der Waals surface area contributed by atoms with Gasteiger partial charge >= 0.3 is 0 Å². The van der Waals surface area contributed by atoms with Crippen molar-refractivity contribution >= 4 is 0 Å². The van der Waals surface area contributed by atoms with Gasteiger partial charge in [-0.15, -0.1) is 0 Å². The van der Waals surface area contributed by atoms with E-state index in [1.54, 1.807) is 0 Å². The Labute approximate surface area is 124 Å². The molecule has 3 heteroatoms. The van der Waals surface area contributed by atoms with Gasteiger partial charge in [0.2, 0.25) is 0 Å². The molecule has 114 valence electrons. The molecule has 1 N–H and O–H groups in total. The Hall–Kier alpha value is -0.830. The van der Waals surface area contributed by atoms with Gasteiger partial charge in [-0.2, -0.15) is 5.10 Å². The number of nitrogens with zero attached hydrogens (tertiary/aromatic N) is 2. The van der Waals surface area contributed by atoms with E-state index in [9.17, 15) is 0 Å². The Morgan fingerprint density at radius 2 is 1.85 bits per heavy atom. The molecule has 1 atom stereocenters.